The first-order valence-electron chi connectivity index (χ1n) is 5.86. The first kappa shape index (κ1) is 15.0. The van der Waals surface area contributed by atoms with E-state index >= 15 is 0 Å². The summed E-state index contributed by atoms with van der Waals surface area (Å²) in [6.45, 7) is 0. The molecule has 2 aromatic carbocycles. The summed E-state index contributed by atoms with van der Waals surface area (Å²) in [4.78, 5) is 21.5. The van der Waals surface area contributed by atoms with Gasteiger partial charge in [-0.05, 0) is 23.8 Å². The van der Waals surface area contributed by atoms with E-state index in [-0.39, 0.29) is 11.3 Å². The molecule has 2 aromatic rings. The summed E-state index contributed by atoms with van der Waals surface area (Å²) in [6.07, 6.45) is 0. The molecule has 0 aromatic heterocycles. The Balaban J connectivity index is 2.07. The highest BCUT2D eigenvalue weighted by molar-refractivity contribution is 7.98. The summed E-state index contributed by atoms with van der Waals surface area (Å²) in [7, 11) is 0. The molecular weight excluding hydrogens is 297 g/mol. The van der Waals surface area contributed by atoms with Crippen LogP contribution in [0.3, 0.4) is 0 Å². The van der Waals surface area contributed by atoms with Crippen molar-refractivity contribution < 1.29 is 19.2 Å². The fourth-order valence-electron chi connectivity index (χ4n) is 1.64. The van der Waals surface area contributed by atoms with Gasteiger partial charge in [0.25, 0.3) is 5.69 Å². The second-order valence-electron chi connectivity index (χ2n) is 4.16. The number of carboxylic acid groups (broad SMARTS) is 1. The quantitative estimate of drug-likeness (QED) is 0.517. The molecule has 0 spiro atoms. The van der Waals surface area contributed by atoms with Gasteiger partial charge in [0.05, 0.1) is 10.5 Å². The minimum atomic E-state index is -1.31. The van der Waals surface area contributed by atoms with Crippen LogP contribution in [0.1, 0.15) is 15.9 Å². The lowest BCUT2D eigenvalue weighted by atomic mass is 10.2. The van der Waals surface area contributed by atoms with Crippen LogP contribution in [0.5, 0.6) is 0 Å². The van der Waals surface area contributed by atoms with Crippen molar-refractivity contribution in [2.24, 2.45) is 0 Å². The van der Waals surface area contributed by atoms with Crippen molar-refractivity contribution in [1.82, 2.24) is 0 Å². The van der Waals surface area contributed by atoms with Crippen LogP contribution >= 0.6 is 11.8 Å². The lowest BCUT2D eigenvalue weighted by Gasteiger charge is -2.04. The number of hydrogen-bond donors (Lipinski definition) is 1. The van der Waals surface area contributed by atoms with Gasteiger partial charge in [-0.3, -0.25) is 10.1 Å². The number of carboxylic acids is 1. The number of carbonyl (C=O) groups is 1. The molecule has 0 amide bonds. The van der Waals surface area contributed by atoms with Crippen LogP contribution < -0.4 is 0 Å². The average Bonchev–Trinajstić information content (AvgIpc) is 2.46. The number of thioether (sulfide) groups is 1. The lowest BCUT2D eigenvalue weighted by Crippen LogP contribution is -2.00. The predicted molar refractivity (Wildman–Crippen MR) is 76.0 cm³/mol. The highest BCUT2D eigenvalue weighted by Gasteiger charge is 2.11. The topological polar surface area (TPSA) is 80.4 Å². The molecule has 0 aliphatic heterocycles. The van der Waals surface area contributed by atoms with Gasteiger partial charge in [0.1, 0.15) is 5.82 Å². The van der Waals surface area contributed by atoms with Gasteiger partial charge in [0, 0.05) is 22.8 Å². The number of nitro groups is 1. The second kappa shape index (κ2) is 6.36. The lowest BCUT2D eigenvalue weighted by molar-refractivity contribution is -0.384. The van der Waals surface area contributed by atoms with Crippen LogP contribution in [0, 0.1) is 15.9 Å². The molecule has 108 valence electrons. The molecule has 2 rings (SSSR count). The van der Waals surface area contributed by atoms with Crippen molar-refractivity contribution in [3.8, 4) is 0 Å². The molecule has 21 heavy (non-hydrogen) atoms. The zero-order valence-corrected chi connectivity index (χ0v) is 11.5. The first-order valence-corrected chi connectivity index (χ1v) is 6.85. The highest BCUT2D eigenvalue weighted by atomic mass is 32.2. The maximum Gasteiger partial charge on any atom is 0.338 e. The maximum atomic E-state index is 13.2. The predicted octanol–water partition coefficient (Wildman–Crippen LogP) is 3.72. The average molecular weight is 307 g/mol. The minimum absolute atomic E-state index is 0.0127. The standard InChI is InChI=1S/C14H10FNO4S/c15-13-6-5-11(7-12(13)14(17)18)21-8-9-1-3-10(4-2-9)16(19)20/h1-7H,8H2,(H,17,18). The molecule has 0 atom stereocenters. The largest absolute Gasteiger partial charge is 0.478 e. The third-order valence-electron chi connectivity index (χ3n) is 2.72. The van der Waals surface area contributed by atoms with E-state index in [2.05, 4.69) is 0 Å². The molecule has 7 heteroatoms. The van der Waals surface area contributed by atoms with E-state index in [1.165, 1.54) is 36.0 Å². The fourth-order valence-corrected chi connectivity index (χ4v) is 2.53. The molecule has 5 nitrogen and oxygen atoms in total. The summed E-state index contributed by atoms with van der Waals surface area (Å²) in [6, 6.07) is 9.96. The van der Waals surface area contributed by atoms with Gasteiger partial charge in [-0.15, -0.1) is 11.8 Å². The molecule has 0 aliphatic carbocycles. The van der Waals surface area contributed by atoms with Gasteiger partial charge in [-0.2, -0.15) is 0 Å². The molecule has 0 saturated heterocycles. The van der Waals surface area contributed by atoms with E-state index in [1.54, 1.807) is 12.1 Å². The number of nitro benzene ring substituents is 1. The summed E-state index contributed by atoms with van der Waals surface area (Å²) in [5.74, 6) is -1.59. The third-order valence-corrected chi connectivity index (χ3v) is 3.79. The van der Waals surface area contributed by atoms with Crippen molar-refractivity contribution in [2.75, 3.05) is 0 Å². The number of non-ortho nitro benzene ring substituents is 1. The van der Waals surface area contributed by atoms with E-state index in [0.29, 0.717) is 10.6 Å². The van der Waals surface area contributed by atoms with Crippen LogP contribution in [-0.2, 0) is 5.75 Å². The zero-order chi connectivity index (χ0) is 15.4. The van der Waals surface area contributed by atoms with Crippen molar-refractivity contribution in [2.45, 2.75) is 10.6 Å². The summed E-state index contributed by atoms with van der Waals surface area (Å²) in [5, 5.41) is 19.4. The Morgan fingerprint density at radius 1 is 1.24 bits per heavy atom. The second-order valence-corrected chi connectivity index (χ2v) is 5.21. The Morgan fingerprint density at radius 2 is 1.90 bits per heavy atom. The van der Waals surface area contributed by atoms with E-state index in [1.807, 2.05) is 0 Å². The van der Waals surface area contributed by atoms with Gasteiger partial charge in [-0.1, -0.05) is 12.1 Å². The number of nitrogens with zero attached hydrogens (tertiary/aromatic N) is 1. The fraction of sp³-hybridized carbons (Fsp3) is 0.0714. The Labute approximate surface area is 123 Å². The van der Waals surface area contributed by atoms with Crippen LogP contribution in [0.2, 0.25) is 0 Å². The number of aromatic carboxylic acids is 1. The highest BCUT2D eigenvalue weighted by Crippen LogP contribution is 2.25. The molecular formula is C14H10FNO4S. The Morgan fingerprint density at radius 3 is 2.48 bits per heavy atom. The molecule has 0 radical (unpaired) electrons. The summed E-state index contributed by atoms with van der Waals surface area (Å²) in [5.41, 5.74) is 0.495. The van der Waals surface area contributed by atoms with Crippen LogP contribution in [0.4, 0.5) is 10.1 Å². The number of halogens is 1. The van der Waals surface area contributed by atoms with Crippen molar-refractivity contribution in [3.63, 3.8) is 0 Å². The van der Waals surface area contributed by atoms with E-state index < -0.39 is 16.7 Å². The molecule has 0 aliphatic rings. The normalized spacial score (nSPS) is 10.3. The number of hydrogen-bond acceptors (Lipinski definition) is 4. The van der Waals surface area contributed by atoms with Crippen LogP contribution in [0.15, 0.2) is 47.4 Å². The van der Waals surface area contributed by atoms with Gasteiger partial charge in [0.2, 0.25) is 0 Å². The van der Waals surface area contributed by atoms with Crippen molar-refractivity contribution in [1.29, 1.82) is 0 Å². The van der Waals surface area contributed by atoms with Gasteiger partial charge < -0.3 is 5.11 Å². The summed E-state index contributed by atoms with van der Waals surface area (Å²) >= 11 is 1.33. The molecule has 1 N–H and O–H groups in total. The SMILES string of the molecule is O=C(O)c1cc(SCc2ccc([N+](=O)[O-])cc2)ccc1F. The molecule has 0 fully saturated rings. The number of rotatable bonds is 5. The van der Waals surface area contributed by atoms with Gasteiger partial charge >= 0.3 is 5.97 Å². The Hall–Kier alpha value is -2.41. The van der Waals surface area contributed by atoms with Gasteiger partial charge in [-0.25, -0.2) is 9.18 Å². The summed E-state index contributed by atoms with van der Waals surface area (Å²) < 4.78 is 13.2. The maximum absolute atomic E-state index is 13.2. The Kier molecular flexibility index (Phi) is 4.54. The molecule has 0 heterocycles. The van der Waals surface area contributed by atoms with Crippen LogP contribution in [0.25, 0.3) is 0 Å². The molecule has 0 unspecified atom stereocenters. The molecule has 0 bridgehead atoms. The minimum Gasteiger partial charge on any atom is -0.478 e. The smallest absolute Gasteiger partial charge is 0.338 e. The van der Waals surface area contributed by atoms with E-state index in [4.69, 9.17) is 5.11 Å². The van der Waals surface area contributed by atoms with E-state index in [0.717, 1.165) is 11.6 Å². The first-order chi connectivity index (χ1) is 9.97. The van der Waals surface area contributed by atoms with E-state index in [9.17, 15) is 19.3 Å². The number of benzene rings is 2. The third kappa shape index (κ3) is 3.79. The monoisotopic (exact) mass is 307 g/mol. The molecule has 0 saturated carbocycles. The zero-order valence-electron chi connectivity index (χ0n) is 10.7. The van der Waals surface area contributed by atoms with Gasteiger partial charge in [0.15, 0.2) is 0 Å². The van der Waals surface area contributed by atoms with Crippen molar-refractivity contribution >= 4 is 23.4 Å². The van der Waals surface area contributed by atoms with Crippen molar-refractivity contribution in [3.05, 3.63) is 69.5 Å². The Bertz CT molecular complexity index is 688. The van der Waals surface area contributed by atoms with Crippen LogP contribution in [-0.4, -0.2) is 16.0 Å².